The van der Waals surface area contributed by atoms with Crippen molar-refractivity contribution >= 4 is 29.0 Å². The van der Waals surface area contributed by atoms with E-state index in [-0.39, 0.29) is 5.54 Å². The van der Waals surface area contributed by atoms with E-state index < -0.39 is 5.97 Å². The van der Waals surface area contributed by atoms with Crippen LogP contribution in [0.5, 0.6) is 0 Å². The van der Waals surface area contributed by atoms with Gasteiger partial charge in [0.15, 0.2) is 0 Å². The van der Waals surface area contributed by atoms with E-state index in [9.17, 15) is 4.79 Å². The molecule has 0 spiro atoms. The number of esters is 1. The number of nitrogens with one attached hydrogen (secondary N) is 1. The van der Waals surface area contributed by atoms with Crippen LogP contribution >= 0.6 is 11.6 Å². The molecule has 1 aromatic rings. The number of halogens is 1. The van der Waals surface area contributed by atoms with E-state index in [0.717, 1.165) is 23.0 Å². The Balaban J connectivity index is 2.24. The van der Waals surface area contributed by atoms with E-state index in [1.54, 1.807) is 12.3 Å². The summed E-state index contributed by atoms with van der Waals surface area (Å²) in [4.78, 5) is 20.0. The number of rotatable bonds is 3. The summed E-state index contributed by atoms with van der Waals surface area (Å²) >= 11 is 5.92. The third kappa shape index (κ3) is 3.95. The second kappa shape index (κ2) is 6.13. The zero-order chi connectivity index (χ0) is 15.5. The number of methoxy groups -OCH3 is 1. The average molecular weight is 310 g/mol. The summed E-state index contributed by atoms with van der Waals surface area (Å²) in [6.07, 6.45) is 4.64. The molecule has 6 nitrogen and oxygen atoms in total. The summed E-state index contributed by atoms with van der Waals surface area (Å²) in [5.41, 5.74) is 2.22. The first-order valence-corrected chi connectivity index (χ1v) is 6.70. The Morgan fingerprint density at radius 2 is 2.33 bits per heavy atom. The first-order valence-electron chi connectivity index (χ1n) is 6.32. The Hall–Kier alpha value is -2.08. The van der Waals surface area contributed by atoms with Gasteiger partial charge in [-0.05, 0) is 19.9 Å². The van der Waals surface area contributed by atoms with Crippen LogP contribution in [0.25, 0.3) is 0 Å². The number of fused-ring (bicyclic) bond motifs is 1. The molecular weight excluding hydrogens is 294 g/mol. The fraction of sp³-hybridized carbons (Fsp3) is 0.357. The normalized spacial score (nSPS) is 18.2. The van der Waals surface area contributed by atoms with Crippen molar-refractivity contribution in [3.63, 3.8) is 0 Å². The van der Waals surface area contributed by atoms with Crippen LogP contribution < -0.4 is 5.32 Å². The molecule has 1 aromatic heterocycles. The van der Waals surface area contributed by atoms with E-state index in [4.69, 9.17) is 16.4 Å². The molecule has 0 fully saturated rings. The van der Waals surface area contributed by atoms with Gasteiger partial charge in [-0.1, -0.05) is 16.8 Å². The quantitative estimate of drug-likeness (QED) is 0.305. The van der Waals surface area contributed by atoms with Gasteiger partial charge in [0.1, 0.15) is 11.4 Å². The first-order chi connectivity index (χ1) is 9.91. The molecule has 0 unspecified atom stereocenters. The molecule has 2 rings (SSSR count). The van der Waals surface area contributed by atoms with Crippen LogP contribution in [0.4, 0.5) is 5.69 Å². The van der Waals surface area contributed by atoms with Crippen LogP contribution in [-0.4, -0.2) is 29.3 Å². The number of carbonyl (C=O) groups excluding carboxylic acids is 1. The van der Waals surface area contributed by atoms with Crippen LogP contribution in [0.1, 0.15) is 25.8 Å². The predicted octanol–water partition coefficient (Wildman–Crippen LogP) is 2.74. The molecule has 0 bridgehead atoms. The second-order valence-corrected chi connectivity index (χ2v) is 5.59. The summed E-state index contributed by atoms with van der Waals surface area (Å²) in [5.74, 6) is -0.506. The highest BCUT2D eigenvalue weighted by Gasteiger charge is 2.29. The molecule has 112 valence electrons. The number of ether oxygens (including phenoxy) is 1. The van der Waals surface area contributed by atoms with Gasteiger partial charge in [0.25, 0.3) is 0 Å². The summed E-state index contributed by atoms with van der Waals surface area (Å²) in [6, 6.07) is 1.73. The van der Waals surface area contributed by atoms with E-state index in [1.165, 1.54) is 13.4 Å². The highest BCUT2D eigenvalue weighted by atomic mass is 35.5. The molecule has 0 amide bonds. The van der Waals surface area contributed by atoms with Gasteiger partial charge in [-0.15, -0.1) is 0 Å². The first kappa shape index (κ1) is 15.3. The van der Waals surface area contributed by atoms with Gasteiger partial charge in [-0.2, -0.15) is 0 Å². The Labute approximate surface area is 127 Å². The minimum absolute atomic E-state index is 0.184. The Morgan fingerprint density at radius 3 is 3.05 bits per heavy atom. The average Bonchev–Trinajstić information content (AvgIpc) is 2.43. The molecule has 21 heavy (non-hydrogen) atoms. The molecule has 0 saturated carbocycles. The van der Waals surface area contributed by atoms with Crippen LogP contribution in [0.2, 0.25) is 5.15 Å². The molecule has 0 radical (unpaired) electrons. The summed E-state index contributed by atoms with van der Waals surface area (Å²) in [7, 11) is 1.29. The standard InChI is InChI=1S/C14H16ClN3O3/c1-14(2)7-10(18-21-5-4-13(19)20-3)9-6-12(15)16-8-11(9)17-14/h4-6,8,17H,7H2,1-3H3/b5-4+,18-10+. The summed E-state index contributed by atoms with van der Waals surface area (Å²) < 4.78 is 4.46. The van der Waals surface area contributed by atoms with Crippen molar-refractivity contribution in [3.05, 3.63) is 35.3 Å². The van der Waals surface area contributed by atoms with E-state index in [2.05, 4.69) is 20.2 Å². The van der Waals surface area contributed by atoms with Gasteiger partial charge in [0.2, 0.25) is 0 Å². The van der Waals surface area contributed by atoms with Crippen molar-refractivity contribution in [3.8, 4) is 0 Å². The monoisotopic (exact) mass is 309 g/mol. The zero-order valence-corrected chi connectivity index (χ0v) is 12.8. The minimum Gasteiger partial charge on any atom is -0.466 e. The number of hydrogen-bond donors (Lipinski definition) is 1. The molecule has 0 atom stereocenters. The summed E-state index contributed by atoms with van der Waals surface area (Å²) in [6.45, 7) is 4.09. The topological polar surface area (TPSA) is 72.8 Å². The van der Waals surface area contributed by atoms with Crippen molar-refractivity contribution < 1.29 is 14.4 Å². The highest BCUT2D eigenvalue weighted by Crippen LogP contribution is 2.31. The zero-order valence-electron chi connectivity index (χ0n) is 12.0. The van der Waals surface area contributed by atoms with Crippen molar-refractivity contribution in [2.45, 2.75) is 25.8 Å². The van der Waals surface area contributed by atoms with Crippen molar-refractivity contribution in [2.75, 3.05) is 12.4 Å². The van der Waals surface area contributed by atoms with Crippen LogP contribution in [0, 0.1) is 0 Å². The lowest BCUT2D eigenvalue weighted by molar-refractivity contribution is -0.135. The van der Waals surface area contributed by atoms with E-state index in [0.29, 0.717) is 11.6 Å². The van der Waals surface area contributed by atoms with Crippen molar-refractivity contribution in [1.82, 2.24) is 4.98 Å². The SMILES string of the molecule is COC(=O)/C=C/O/N=C1\CC(C)(C)Nc2cnc(Cl)cc21. The molecule has 0 aromatic carbocycles. The number of pyridine rings is 1. The van der Waals surface area contributed by atoms with E-state index in [1.807, 2.05) is 13.8 Å². The maximum absolute atomic E-state index is 10.9. The minimum atomic E-state index is -0.506. The van der Waals surface area contributed by atoms with Gasteiger partial charge in [-0.3, -0.25) is 0 Å². The lowest BCUT2D eigenvalue weighted by Crippen LogP contribution is -2.38. The largest absolute Gasteiger partial charge is 0.466 e. The molecule has 0 aliphatic carbocycles. The number of carbonyl (C=O) groups is 1. The molecule has 1 N–H and O–H groups in total. The number of aromatic nitrogens is 1. The Morgan fingerprint density at radius 1 is 1.57 bits per heavy atom. The predicted molar refractivity (Wildman–Crippen MR) is 80.3 cm³/mol. The number of hydrogen-bond acceptors (Lipinski definition) is 6. The van der Waals surface area contributed by atoms with Crippen LogP contribution in [-0.2, 0) is 14.4 Å². The van der Waals surface area contributed by atoms with Gasteiger partial charge in [-0.25, -0.2) is 9.78 Å². The fourth-order valence-corrected chi connectivity index (χ4v) is 2.18. The van der Waals surface area contributed by atoms with Gasteiger partial charge < -0.3 is 14.9 Å². The maximum Gasteiger partial charge on any atom is 0.333 e. The molecule has 1 aliphatic heterocycles. The molecule has 7 heteroatoms. The number of oxime groups is 1. The second-order valence-electron chi connectivity index (χ2n) is 5.21. The number of anilines is 1. The van der Waals surface area contributed by atoms with Gasteiger partial charge >= 0.3 is 5.97 Å². The maximum atomic E-state index is 10.9. The Kier molecular flexibility index (Phi) is 4.47. The van der Waals surface area contributed by atoms with Crippen molar-refractivity contribution in [1.29, 1.82) is 0 Å². The lowest BCUT2D eigenvalue weighted by atomic mass is 9.88. The van der Waals surface area contributed by atoms with Crippen LogP contribution in [0.3, 0.4) is 0 Å². The summed E-state index contributed by atoms with van der Waals surface area (Å²) in [5, 5.41) is 7.81. The van der Waals surface area contributed by atoms with Crippen LogP contribution in [0.15, 0.2) is 29.8 Å². The molecule has 0 saturated heterocycles. The molecular formula is C14H16ClN3O3. The fourth-order valence-electron chi connectivity index (χ4n) is 2.02. The third-order valence-electron chi connectivity index (χ3n) is 2.89. The smallest absolute Gasteiger partial charge is 0.333 e. The van der Waals surface area contributed by atoms with Gasteiger partial charge in [0, 0.05) is 17.5 Å². The van der Waals surface area contributed by atoms with E-state index >= 15 is 0 Å². The van der Waals surface area contributed by atoms with Crippen molar-refractivity contribution in [2.24, 2.45) is 5.16 Å². The highest BCUT2D eigenvalue weighted by molar-refractivity contribution is 6.30. The van der Waals surface area contributed by atoms with Gasteiger partial charge in [0.05, 0.1) is 30.8 Å². The lowest BCUT2D eigenvalue weighted by Gasteiger charge is -2.33. The Bertz CT molecular complexity index is 611. The molecule has 2 heterocycles. The number of nitrogens with zero attached hydrogens (tertiary/aromatic N) is 2. The molecule has 1 aliphatic rings. The third-order valence-corrected chi connectivity index (χ3v) is 3.10.